The number of alkyl carbamates (subject to hydrolysis) is 1. The van der Waals surface area contributed by atoms with Gasteiger partial charge in [-0.2, -0.15) is 0 Å². The summed E-state index contributed by atoms with van der Waals surface area (Å²) in [6, 6.07) is 25.8. The molecule has 2 atom stereocenters. The molecule has 3 amide bonds. The van der Waals surface area contributed by atoms with Crippen LogP contribution in [0, 0.1) is 6.92 Å². The molecule has 0 bridgehead atoms. The fourth-order valence-electron chi connectivity index (χ4n) is 5.58. The number of phenols is 1. The van der Waals surface area contributed by atoms with Gasteiger partial charge in [-0.1, -0.05) is 98.5 Å². The number of hydrogen-bond donors (Lipinski definition) is 3. The molecule has 4 aromatic carbocycles. The van der Waals surface area contributed by atoms with Crippen molar-refractivity contribution in [1.82, 2.24) is 10.2 Å². The highest BCUT2D eigenvalue weighted by atomic mass is 16.6. The lowest BCUT2D eigenvalue weighted by Crippen LogP contribution is -2.53. The number of phenolic OH excluding ortho intramolecular Hbond substituents is 1. The number of aromatic hydroxyl groups is 1. The summed E-state index contributed by atoms with van der Waals surface area (Å²) in [6.45, 7) is 9.66. The maximum Gasteiger partial charge on any atom is 0.408 e. The number of nitrogens with zero attached hydrogens (tertiary/aromatic N) is 1. The van der Waals surface area contributed by atoms with Crippen LogP contribution in [0.4, 0.5) is 10.5 Å². The summed E-state index contributed by atoms with van der Waals surface area (Å²) in [5.41, 5.74) is 2.21. The van der Waals surface area contributed by atoms with E-state index in [4.69, 9.17) is 4.74 Å². The summed E-state index contributed by atoms with van der Waals surface area (Å²) in [7, 11) is 0. The Balaban J connectivity index is 1.75. The Morgan fingerprint density at radius 3 is 2.26 bits per heavy atom. The number of amides is 3. The highest BCUT2D eigenvalue weighted by Crippen LogP contribution is 2.28. The summed E-state index contributed by atoms with van der Waals surface area (Å²) in [4.78, 5) is 43.8. The molecule has 4 aromatic rings. The van der Waals surface area contributed by atoms with Gasteiger partial charge >= 0.3 is 6.09 Å². The molecule has 0 aliphatic heterocycles. The van der Waals surface area contributed by atoms with E-state index in [-0.39, 0.29) is 18.1 Å². The zero-order valence-corrected chi connectivity index (χ0v) is 28.1. The number of rotatable bonds is 13. The highest BCUT2D eigenvalue weighted by Gasteiger charge is 2.36. The van der Waals surface area contributed by atoms with Gasteiger partial charge < -0.3 is 25.4 Å². The molecule has 0 radical (unpaired) electrons. The molecule has 248 valence electrons. The van der Waals surface area contributed by atoms with E-state index >= 15 is 0 Å². The van der Waals surface area contributed by atoms with Crippen molar-refractivity contribution in [2.75, 3.05) is 11.9 Å². The van der Waals surface area contributed by atoms with E-state index in [1.165, 1.54) is 0 Å². The van der Waals surface area contributed by atoms with Crippen LogP contribution in [0.2, 0.25) is 0 Å². The topological polar surface area (TPSA) is 108 Å². The Morgan fingerprint density at radius 2 is 1.57 bits per heavy atom. The van der Waals surface area contributed by atoms with E-state index in [1.54, 1.807) is 49.9 Å². The van der Waals surface area contributed by atoms with Crippen LogP contribution in [0.1, 0.15) is 76.1 Å². The number of nitrogens with one attached hydrogen (secondary N) is 2. The normalized spacial score (nSPS) is 12.6. The molecule has 8 nitrogen and oxygen atoms in total. The van der Waals surface area contributed by atoms with Crippen LogP contribution in [0.25, 0.3) is 10.8 Å². The van der Waals surface area contributed by atoms with Crippen LogP contribution in [0.5, 0.6) is 5.75 Å². The number of hydrogen-bond acceptors (Lipinski definition) is 5. The second-order valence-corrected chi connectivity index (χ2v) is 13.0. The van der Waals surface area contributed by atoms with Gasteiger partial charge in [-0.15, -0.1) is 0 Å². The van der Waals surface area contributed by atoms with Gasteiger partial charge in [0.25, 0.3) is 5.91 Å². The molecule has 0 saturated carbocycles. The molecule has 0 aliphatic rings. The van der Waals surface area contributed by atoms with Crippen molar-refractivity contribution < 1.29 is 24.2 Å². The monoisotopic (exact) mass is 637 g/mol. The molecule has 2 unspecified atom stereocenters. The average molecular weight is 638 g/mol. The summed E-state index contributed by atoms with van der Waals surface area (Å²) in [6.07, 6.45) is 2.98. The standard InChI is InChI=1S/C39H47N3O5/c1-6-7-8-11-23-42(37(45)34(41-38(46)47-39(3,4)5)25-28-17-21-33(43)22-18-28)35(31-16-12-13-27(2)24-31)36(44)40-32-20-19-29-14-9-10-15-30(29)26-32/h9-10,12-22,24,26,34-35,43H,6-8,11,23,25H2,1-5H3,(H,40,44)(H,41,46). The van der Waals surface area contributed by atoms with Gasteiger partial charge in [0.05, 0.1) is 0 Å². The van der Waals surface area contributed by atoms with E-state index < -0.39 is 29.7 Å². The molecule has 0 aromatic heterocycles. The fraction of sp³-hybridized carbons (Fsp3) is 0.359. The lowest BCUT2D eigenvalue weighted by Gasteiger charge is -2.35. The first-order chi connectivity index (χ1) is 22.4. The Bertz CT molecular complexity index is 1660. The molecule has 0 saturated heterocycles. The highest BCUT2D eigenvalue weighted by molar-refractivity contribution is 6.00. The van der Waals surface area contributed by atoms with Gasteiger partial charge in [-0.05, 0) is 80.3 Å². The van der Waals surface area contributed by atoms with Crippen molar-refractivity contribution in [3.8, 4) is 5.75 Å². The summed E-state index contributed by atoms with van der Waals surface area (Å²) in [5.74, 6) is -0.657. The predicted octanol–water partition coefficient (Wildman–Crippen LogP) is 8.08. The van der Waals surface area contributed by atoms with Crippen LogP contribution in [0.15, 0.2) is 91.0 Å². The molecule has 47 heavy (non-hydrogen) atoms. The van der Waals surface area contributed by atoms with E-state index in [9.17, 15) is 19.5 Å². The van der Waals surface area contributed by atoms with Crippen molar-refractivity contribution in [1.29, 1.82) is 0 Å². The number of carbonyl (C=O) groups excluding carboxylic acids is 3. The molecule has 0 heterocycles. The maximum absolute atomic E-state index is 14.7. The first-order valence-corrected chi connectivity index (χ1v) is 16.4. The number of benzene rings is 4. The van der Waals surface area contributed by atoms with E-state index in [1.807, 2.05) is 73.7 Å². The second kappa shape index (κ2) is 16.1. The number of fused-ring (bicyclic) bond motifs is 1. The van der Waals surface area contributed by atoms with Crippen LogP contribution >= 0.6 is 0 Å². The molecule has 4 rings (SSSR count). The van der Waals surface area contributed by atoms with Gasteiger partial charge in [0.2, 0.25) is 5.91 Å². The summed E-state index contributed by atoms with van der Waals surface area (Å²) >= 11 is 0. The van der Waals surface area contributed by atoms with Gasteiger partial charge in [0, 0.05) is 18.7 Å². The molecular formula is C39H47N3O5. The van der Waals surface area contributed by atoms with Crippen LogP contribution in [-0.4, -0.2) is 46.1 Å². The van der Waals surface area contributed by atoms with Crippen LogP contribution < -0.4 is 10.6 Å². The average Bonchev–Trinajstić information content (AvgIpc) is 3.02. The lowest BCUT2D eigenvalue weighted by molar-refractivity contribution is -0.140. The SMILES string of the molecule is CCCCCCN(C(=O)C(Cc1ccc(O)cc1)NC(=O)OC(C)(C)C)C(C(=O)Nc1ccc2ccccc2c1)c1cccc(C)c1. The summed E-state index contributed by atoms with van der Waals surface area (Å²) in [5, 5.41) is 17.8. The van der Waals surface area contributed by atoms with Crippen LogP contribution in [-0.2, 0) is 20.7 Å². The number of aryl methyl sites for hydroxylation is 1. The third-order valence-corrected chi connectivity index (χ3v) is 7.84. The number of anilines is 1. The van der Waals surface area contributed by atoms with Gasteiger partial charge in [-0.3, -0.25) is 9.59 Å². The third kappa shape index (κ3) is 10.3. The predicted molar refractivity (Wildman–Crippen MR) is 187 cm³/mol. The van der Waals surface area contributed by atoms with Gasteiger partial charge in [-0.25, -0.2) is 4.79 Å². The minimum atomic E-state index is -1.04. The number of ether oxygens (including phenoxy) is 1. The van der Waals surface area contributed by atoms with Crippen molar-refractivity contribution in [2.24, 2.45) is 0 Å². The number of carbonyl (C=O) groups is 3. The molecule has 0 aliphatic carbocycles. The van der Waals surface area contributed by atoms with Crippen LogP contribution in [0.3, 0.4) is 0 Å². The van der Waals surface area contributed by atoms with Crippen molar-refractivity contribution in [3.05, 3.63) is 108 Å². The first-order valence-electron chi connectivity index (χ1n) is 16.4. The minimum Gasteiger partial charge on any atom is -0.508 e. The molecule has 0 spiro atoms. The van der Waals surface area contributed by atoms with Gasteiger partial charge in [0.15, 0.2) is 0 Å². The zero-order valence-electron chi connectivity index (χ0n) is 28.1. The Kier molecular flexibility index (Phi) is 12.0. The van der Waals surface area contributed by atoms with Gasteiger partial charge in [0.1, 0.15) is 23.4 Å². The summed E-state index contributed by atoms with van der Waals surface area (Å²) < 4.78 is 5.55. The van der Waals surface area contributed by atoms with Crippen molar-refractivity contribution in [3.63, 3.8) is 0 Å². The third-order valence-electron chi connectivity index (χ3n) is 7.84. The van der Waals surface area contributed by atoms with E-state index in [0.717, 1.165) is 41.2 Å². The Hall–Kier alpha value is -4.85. The maximum atomic E-state index is 14.7. The van der Waals surface area contributed by atoms with E-state index in [0.29, 0.717) is 24.2 Å². The quantitative estimate of drug-likeness (QED) is 0.129. The fourth-order valence-corrected chi connectivity index (χ4v) is 5.58. The minimum absolute atomic E-state index is 0.0964. The van der Waals surface area contributed by atoms with Crippen molar-refractivity contribution >= 4 is 34.4 Å². The molecule has 8 heteroatoms. The molecule has 3 N–H and O–H groups in total. The molecular weight excluding hydrogens is 590 g/mol. The number of unbranched alkanes of at least 4 members (excludes halogenated alkanes) is 3. The van der Waals surface area contributed by atoms with Crippen molar-refractivity contribution in [2.45, 2.75) is 84.4 Å². The Morgan fingerprint density at radius 1 is 0.851 bits per heavy atom. The smallest absolute Gasteiger partial charge is 0.408 e. The Labute approximate surface area is 278 Å². The molecule has 0 fully saturated rings. The van der Waals surface area contributed by atoms with E-state index in [2.05, 4.69) is 17.6 Å². The second-order valence-electron chi connectivity index (χ2n) is 13.0. The lowest BCUT2D eigenvalue weighted by atomic mass is 9.98. The largest absolute Gasteiger partial charge is 0.508 e. The first kappa shape index (κ1) is 35.0. The zero-order chi connectivity index (χ0) is 34.0.